The molecule has 0 saturated carbocycles. The lowest BCUT2D eigenvalue weighted by molar-refractivity contribution is -0.139. The van der Waals surface area contributed by atoms with Gasteiger partial charge in [-0.2, -0.15) is 13.5 Å². The van der Waals surface area contributed by atoms with Gasteiger partial charge in [-0.3, -0.25) is 4.79 Å². The summed E-state index contributed by atoms with van der Waals surface area (Å²) in [5, 5.41) is 19.8. The van der Waals surface area contributed by atoms with E-state index in [2.05, 4.69) is 20.8 Å². The monoisotopic (exact) mass is 532 g/mol. The molecule has 1 amide bonds. The smallest absolute Gasteiger partial charge is 0.326 e. The predicted octanol–water partition coefficient (Wildman–Crippen LogP) is 5.12. The van der Waals surface area contributed by atoms with Crippen molar-refractivity contribution >= 4 is 31.2 Å². The van der Waals surface area contributed by atoms with Crippen LogP contribution in [0.15, 0.2) is 65.3 Å². The average molecular weight is 533 g/mol. The number of carbonyl (C=O) groups excluding carboxylic acids is 1. The number of nitrogens with zero attached hydrogens (tertiary/aromatic N) is 2. The molecule has 0 spiro atoms. The molecule has 0 radical (unpaired) electrons. The third-order valence-electron chi connectivity index (χ3n) is 6.11. The van der Waals surface area contributed by atoms with Crippen molar-refractivity contribution in [3.8, 4) is 11.3 Å². The van der Waals surface area contributed by atoms with Crippen molar-refractivity contribution in [1.29, 1.82) is 0 Å². The van der Waals surface area contributed by atoms with Crippen LogP contribution in [-0.4, -0.2) is 33.2 Å². The summed E-state index contributed by atoms with van der Waals surface area (Å²) in [4.78, 5) is 29.1. The third kappa shape index (κ3) is 7.01. The maximum absolute atomic E-state index is 12.9. The normalized spacial score (nSPS) is 11.4. The largest absolute Gasteiger partial charge is 0.480 e. The Balaban J connectivity index is 0.00000400. The van der Waals surface area contributed by atoms with E-state index in [0.29, 0.717) is 17.9 Å². The van der Waals surface area contributed by atoms with Crippen LogP contribution in [0.3, 0.4) is 0 Å². The number of hydrogen-bond acceptors (Lipinski definition) is 6. The van der Waals surface area contributed by atoms with Crippen molar-refractivity contribution in [2.75, 3.05) is 5.32 Å². The SMILES string of the molecule is Cc1ccnc(NCc2cc(-c3ccc(CC(NC(=O)c4c(C)cc(C)cc4C)C(=O)O)cc3)on2)c1.S. The van der Waals surface area contributed by atoms with Gasteiger partial charge in [-0.1, -0.05) is 47.1 Å². The summed E-state index contributed by atoms with van der Waals surface area (Å²) in [7, 11) is 0. The summed E-state index contributed by atoms with van der Waals surface area (Å²) in [6.07, 6.45) is 1.90. The Bertz CT molecular complexity index is 1410. The number of carbonyl (C=O) groups is 2. The van der Waals surface area contributed by atoms with Crippen molar-refractivity contribution in [3.05, 3.63) is 99.9 Å². The van der Waals surface area contributed by atoms with E-state index in [4.69, 9.17) is 4.52 Å². The number of pyridine rings is 1. The zero-order valence-electron chi connectivity index (χ0n) is 21.8. The minimum absolute atomic E-state index is 0. The van der Waals surface area contributed by atoms with Crippen LogP contribution in [0.5, 0.6) is 0 Å². The first-order valence-corrected chi connectivity index (χ1v) is 12.0. The van der Waals surface area contributed by atoms with Gasteiger partial charge in [-0.15, -0.1) is 0 Å². The number of aliphatic carboxylic acids is 1. The van der Waals surface area contributed by atoms with Crippen LogP contribution in [0.2, 0.25) is 0 Å². The van der Waals surface area contributed by atoms with Crippen molar-refractivity contribution in [2.45, 2.75) is 46.7 Å². The molecule has 0 bridgehead atoms. The van der Waals surface area contributed by atoms with Crippen molar-refractivity contribution in [1.82, 2.24) is 15.5 Å². The highest BCUT2D eigenvalue weighted by molar-refractivity contribution is 7.59. The summed E-state index contributed by atoms with van der Waals surface area (Å²) in [6.45, 7) is 8.15. The first-order chi connectivity index (χ1) is 17.7. The zero-order chi connectivity index (χ0) is 26.5. The molecule has 2 aromatic heterocycles. The maximum atomic E-state index is 12.9. The first kappa shape index (κ1) is 28.5. The Labute approximate surface area is 228 Å². The Hall–Kier alpha value is -4.11. The molecule has 0 aliphatic heterocycles. The minimum Gasteiger partial charge on any atom is -0.480 e. The number of anilines is 1. The van der Waals surface area contributed by atoms with Gasteiger partial charge >= 0.3 is 5.97 Å². The second kappa shape index (κ2) is 12.4. The van der Waals surface area contributed by atoms with Crippen LogP contribution in [0.25, 0.3) is 11.3 Å². The molecule has 2 heterocycles. The molecular weight excluding hydrogens is 500 g/mol. The van der Waals surface area contributed by atoms with Crippen LogP contribution in [-0.2, 0) is 17.8 Å². The highest BCUT2D eigenvalue weighted by Crippen LogP contribution is 2.22. The standard InChI is InChI=1S/C29H30N4O4.H2S/c1-17-9-10-30-26(13-17)31-16-23-15-25(37-33-23)22-7-5-21(6-8-22)14-24(29(35)36)32-28(34)27-19(3)11-18(2)12-20(27)4;/h5-13,15,24H,14,16H2,1-4H3,(H,30,31)(H,32,34)(H,35,36);1H2. The molecule has 198 valence electrons. The summed E-state index contributed by atoms with van der Waals surface area (Å²) < 4.78 is 5.49. The van der Waals surface area contributed by atoms with Crippen molar-refractivity contribution in [3.63, 3.8) is 0 Å². The number of carboxylic acids is 1. The van der Waals surface area contributed by atoms with Gasteiger partial charge in [0, 0.05) is 29.8 Å². The number of aryl methyl sites for hydroxylation is 4. The number of benzene rings is 2. The van der Waals surface area contributed by atoms with E-state index in [0.717, 1.165) is 44.9 Å². The van der Waals surface area contributed by atoms with Gasteiger partial charge in [-0.05, 0) is 62.1 Å². The highest BCUT2D eigenvalue weighted by Gasteiger charge is 2.23. The fraction of sp³-hybridized carbons (Fsp3) is 0.241. The molecule has 3 N–H and O–H groups in total. The molecule has 8 nitrogen and oxygen atoms in total. The van der Waals surface area contributed by atoms with E-state index in [9.17, 15) is 14.7 Å². The van der Waals surface area contributed by atoms with Crippen LogP contribution >= 0.6 is 13.5 Å². The molecule has 2 aromatic carbocycles. The lowest BCUT2D eigenvalue weighted by atomic mass is 9.98. The molecule has 38 heavy (non-hydrogen) atoms. The topological polar surface area (TPSA) is 117 Å². The Morgan fingerprint density at radius 3 is 2.26 bits per heavy atom. The van der Waals surface area contributed by atoms with Crippen LogP contribution < -0.4 is 10.6 Å². The molecule has 0 aliphatic carbocycles. The number of hydrogen-bond donors (Lipinski definition) is 3. The fourth-order valence-corrected chi connectivity index (χ4v) is 4.35. The van der Waals surface area contributed by atoms with Crippen molar-refractivity contribution in [2.24, 2.45) is 0 Å². The van der Waals surface area contributed by atoms with E-state index < -0.39 is 12.0 Å². The van der Waals surface area contributed by atoms with Gasteiger partial charge in [0.1, 0.15) is 17.6 Å². The fourth-order valence-electron chi connectivity index (χ4n) is 4.35. The average Bonchev–Trinajstić information content (AvgIpc) is 3.31. The number of aromatic nitrogens is 2. The maximum Gasteiger partial charge on any atom is 0.326 e. The molecular formula is C29H32N4O4S. The van der Waals surface area contributed by atoms with Gasteiger partial charge in [-0.25, -0.2) is 9.78 Å². The molecule has 1 atom stereocenters. The zero-order valence-corrected chi connectivity index (χ0v) is 22.8. The third-order valence-corrected chi connectivity index (χ3v) is 6.11. The molecule has 4 rings (SSSR count). The molecule has 9 heteroatoms. The van der Waals surface area contributed by atoms with E-state index >= 15 is 0 Å². The van der Waals surface area contributed by atoms with Crippen LogP contribution in [0.4, 0.5) is 5.82 Å². The van der Waals surface area contributed by atoms with Gasteiger partial charge in [0.25, 0.3) is 5.91 Å². The predicted molar refractivity (Wildman–Crippen MR) is 152 cm³/mol. The first-order valence-electron chi connectivity index (χ1n) is 12.0. The molecule has 4 aromatic rings. The second-order valence-corrected chi connectivity index (χ2v) is 9.29. The van der Waals surface area contributed by atoms with Gasteiger partial charge in [0.2, 0.25) is 0 Å². The van der Waals surface area contributed by atoms with Gasteiger partial charge in [0.15, 0.2) is 5.76 Å². The summed E-state index contributed by atoms with van der Waals surface area (Å²) >= 11 is 0. The van der Waals surface area contributed by atoms with E-state index in [1.165, 1.54) is 0 Å². The van der Waals surface area contributed by atoms with Gasteiger partial charge in [0.05, 0.1) is 6.54 Å². The Kier molecular flexibility index (Phi) is 9.30. The van der Waals surface area contributed by atoms with E-state index in [-0.39, 0.29) is 25.8 Å². The van der Waals surface area contributed by atoms with E-state index in [1.807, 2.05) is 82.3 Å². The summed E-state index contributed by atoms with van der Waals surface area (Å²) in [5.74, 6) is -0.103. The second-order valence-electron chi connectivity index (χ2n) is 9.29. The highest BCUT2D eigenvalue weighted by atomic mass is 32.1. The summed E-state index contributed by atoms with van der Waals surface area (Å²) in [5.41, 5.74) is 6.65. The summed E-state index contributed by atoms with van der Waals surface area (Å²) in [6, 6.07) is 15.9. The number of amides is 1. The molecule has 0 aliphatic rings. The number of nitrogens with one attached hydrogen (secondary N) is 2. The van der Waals surface area contributed by atoms with Crippen LogP contribution in [0.1, 0.15) is 43.9 Å². The quantitative estimate of drug-likeness (QED) is 0.274. The van der Waals surface area contributed by atoms with Crippen LogP contribution in [0, 0.1) is 27.7 Å². The Morgan fingerprint density at radius 1 is 0.947 bits per heavy atom. The minimum atomic E-state index is -1.09. The molecule has 0 saturated heterocycles. The molecule has 0 fully saturated rings. The van der Waals surface area contributed by atoms with Crippen molar-refractivity contribution < 1.29 is 19.2 Å². The number of rotatable bonds is 9. The Morgan fingerprint density at radius 2 is 1.63 bits per heavy atom. The lowest BCUT2D eigenvalue weighted by Crippen LogP contribution is -2.42. The number of carboxylic acid groups (broad SMARTS) is 1. The van der Waals surface area contributed by atoms with E-state index in [1.54, 1.807) is 6.20 Å². The van der Waals surface area contributed by atoms with Gasteiger partial charge < -0.3 is 20.3 Å². The molecule has 1 unspecified atom stereocenters. The lowest BCUT2D eigenvalue weighted by Gasteiger charge is -2.17.